The third-order valence-electron chi connectivity index (χ3n) is 3.41. The molecule has 5 heteroatoms. The highest BCUT2D eigenvalue weighted by atomic mass is 16.5. The average Bonchev–Trinajstić information content (AvgIpc) is 2.47. The van der Waals surface area contributed by atoms with Gasteiger partial charge in [0.2, 0.25) is 0 Å². The first-order valence-corrected chi connectivity index (χ1v) is 7.86. The summed E-state index contributed by atoms with van der Waals surface area (Å²) in [5.74, 6) is 0. The van der Waals surface area contributed by atoms with Crippen LogP contribution in [0, 0.1) is 0 Å². The smallest absolute Gasteiger partial charge is 0.110 e. The van der Waals surface area contributed by atoms with Gasteiger partial charge in [-0.05, 0) is 6.42 Å². The van der Waals surface area contributed by atoms with Crippen LogP contribution in [0.25, 0.3) is 0 Å². The molecule has 0 aliphatic heterocycles. The van der Waals surface area contributed by atoms with Gasteiger partial charge >= 0.3 is 0 Å². The van der Waals surface area contributed by atoms with Gasteiger partial charge in [-0.2, -0.15) is 0 Å². The Hall–Kier alpha value is -0.200. The van der Waals surface area contributed by atoms with Crippen LogP contribution in [-0.4, -0.2) is 58.6 Å². The molecule has 0 aliphatic carbocycles. The van der Waals surface area contributed by atoms with E-state index in [0.717, 1.165) is 12.8 Å². The lowest BCUT2D eigenvalue weighted by molar-refractivity contribution is -0.0997. The number of aliphatic hydroxyl groups excluding tert-OH is 4. The normalized spacial score (nSPS) is 16.1. The van der Waals surface area contributed by atoms with Crippen LogP contribution in [0.15, 0.2) is 0 Å². The van der Waals surface area contributed by atoms with E-state index in [-0.39, 0.29) is 6.61 Å². The Morgan fingerprint density at radius 2 is 1.35 bits per heavy atom. The zero-order chi connectivity index (χ0) is 15.2. The molecule has 0 amide bonds. The second kappa shape index (κ2) is 13.8. The number of ether oxygens (including phenoxy) is 1. The van der Waals surface area contributed by atoms with Crippen LogP contribution >= 0.6 is 0 Å². The summed E-state index contributed by atoms with van der Waals surface area (Å²) in [7, 11) is 0. The van der Waals surface area contributed by atoms with E-state index < -0.39 is 24.9 Å². The minimum Gasteiger partial charge on any atom is -0.394 e. The maximum absolute atomic E-state index is 9.50. The van der Waals surface area contributed by atoms with E-state index in [0.29, 0.717) is 6.61 Å². The molecular formula is C15H32O5. The van der Waals surface area contributed by atoms with Crippen LogP contribution in [0.3, 0.4) is 0 Å². The van der Waals surface area contributed by atoms with Gasteiger partial charge in [0.05, 0.1) is 13.2 Å². The standard InChI is InChI=1S/C15H32O5/c1-2-3-4-5-6-7-8-9-10-20-12-14(18)15(19)13(17)11-16/h13-19H,2-12H2,1H3. The zero-order valence-electron chi connectivity index (χ0n) is 12.7. The van der Waals surface area contributed by atoms with Crippen LogP contribution < -0.4 is 0 Å². The van der Waals surface area contributed by atoms with Crippen LogP contribution in [-0.2, 0) is 4.74 Å². The van der Waals surface area contributed by atoms with Gasteiger partial charge in [-0.1, -0.05) is 51.9 Å². The van der Waals surface area contributed by atoms with Crippen molar-refractivity contribution >= 4 is 0 Å². The summed E-state index contributed by atoms with van der Waals surface area (Å²) in [6.07, 6.45) is 5.91. The Morgan fingerprint density at radius 3 is 1.90 bits per heavy atom. The highest BCUT2D eigenvalue weighted by Gasteiger charge is 2.23. The van der Waals surface area contributed by atoms with Crippen LogP contribution in [0.5, 0.6) is 0 Å². The zero-order valence-corrected chi connectivity index (χ0v) is 12.7. The van der Waals surface area contributed by atoms with Crippen molar-refractivity contribution < 1.29 is 25.2 Å². The fourth-order valence-electron chi connectivity index (χ4n) is 2.01. The molecule has 3 unspecified atom stereocenters. The van der Waals surface area contributed by atoms with Crippen molar-refractivity contribution in [3.8, 4) is 0 Å². The lowest BCUT2D eigenvalue weighted by Crippen LogP contribution is -2.41. The summed E-state index contributed by atoms with van der Waals surface area (Å²) in [5, 5.41) is 36.7. The molecule has 0 heterocycles. The Bertz CT molecular complexity index is 201. The number of aliphatic hydroxyl groups is 4. The van der Waals surface area contributed by atoms with E-state index in [2.05, 4.69) is 6.92 Å². The first-order chi connectivity index (χ1) is 9.63. The summed E-state index contributed by atoms with van der Waals surface area (Å²) in [4.78, 5) is 0. The number of hydrogen-bond acceptors (Lipinski definition) is 5. The summed E-state index contributed by atoms with van der Waals surface area (Å²) in [6.45, 7) is 2.17. The third kappa shape index (κ3) is 10.6. The van der Waals surface area contributed by atoms with E-state index in [9.17, 15) is 10.2 Å². The van der Waals surface area contributed by atoms with Crippen molar-refractivity contribution in [2.45, 2.75) is 76.6 Å². The van der Waals surface area contributed by atoms with E-state index in [1.165, 1.54) is 38.5 Å². The Balaban J connectivity index is 3.31. The molecular weight excluding hydrogens is 260 g/mol. The highest BCUT2D eigenvalue weighted by molar-refractivity contribution is 4.74. The van der Waals surface area contributed by atoms with Gasteiger partial charge in [0.1, 0.15) is 18.3 Å². The van der Waals surface area contributed by atoms with Gasteiger partial charge in [0, 0.05) is 6.61 Å². The summed E-state index contributed by atoms with van der Waals surface area (Å²) in [5.41, 5.74) is 0. The summed E-state index contributed by atoms with van der Waals surface area (Å²) in [6, 6.07) is 0. The second-order valence-corrected chi connectivity index (χ2v) is 5.36. The molecule has 0 bridgehead atoms. The largest absolute Gasteiger partial charge is 0.394 e. The molecule has 122 valence electrons. The molecule has 0 rings (SSSR count). The molecule has 3 atom stereocenters. The van der Waals surface area contributed by atoms with Gasteiger partial charge in [-0.25, -0.2) is 0 Å². The van der Waals surface area contributed by atoms with Crippen LogP contribution in [0.4, 0.5) is 0 Å². The van der Waals surface area contributed by atoms with E-state index in [4.69, 9.17) is 14.9 Å². The minimum absolute atomic E-state index is 0.0191. The van der Waals surface area contributed by atoms with Crippen molar-refractivity contribution in [2.24, 2.45) is 0 Å². The molecule has 0 saturated carbocycles. The molecule has 5 nitrogen and oxygen atoms in total. The Kier molecular flexibility index (Phi) is 13.6. The Labute approximate surface area is 122 Å². The summed E-state index contributed by atoms with van der Waals surface area (Å²) >= 11 is 0. The fraction of sp³-hybridized carbons (Fsp3) is 1.00. The van der Waals surface area contributed by atoms with E-state index in [1.807, 2.05) is 0 Å². The molecule has 0 radical (unpaired) electrons. The lowest BCUT2D eigenvalue weighted by atomic mass is 10.1. The molecule has 0 saturated heterocycles. The molecule has 0 aliphatic rings. The first kappa shape index (κ1) is 19.8. The van der Waals surface area contributed by atoms with Gasteiger partial charge in [0.25, 0.3) is 0 Å². The molecule has 0 fully saturated rings. The number of rotatable bonds is 14. The summed E-state index contributed by atoms with van der Waals surface area (Å²) < 4.78 is 5.25. The monoisotopic (exact) mass is 292 g/mol. The van der Waals surface area contributed by atoms with Crippen molar-refractivity contribution in [3.05, 3.63) is 0 Å². The second-order valence-electron chi connectivity index (χ2n) is 5.36. The third-order valence-corrected chi connectivity index (χ3v) is 3.41. The van der Waals surface area contributed by atoms with E-state index >= 15 is 0 Å². The lowest BCUT2D eigenvalue weighted by Gasteiger charge is -2.21. The maximum Gasteiger partial charge on any atom is 0.110 e. The van der Waals surface area contributed by atoms with Crippen LogP contribution in [0.1, 0.15) is 58.3 Å². The van der Waals surface area contributed by atoms with Gasteiger partial charge in [-0.3, -0.25) is 0 Å². The fourth-order valence-corrected chi connectivity index (χ4v) is 2.01. The molecule has 20 heavy (non-hydrogen) atoms. The highest BCUT2D eigenvalue weighted by Crippen LogP contribution is 2.08. The van der Waals surface area contributed by atoms with Gasteiger partial charge in [0.15, 0.2) is 0 Å². The molecule has 0 spiro atoms. The average molecular weight is 292 g/mol. The predicted octanol–water partition coefficient (Wildman–Crippen LogP) is 1.22. The van der Waals surface area contributed by atoms with Crippen molar-refractivity contribution in [1.29, 1.82) is 0 Å². The molecule has 4 N–H and O–H groups in total. The van der Waals surface area contributed by atoms with Gasteiger partial charge in [-0.15, -0.1) is 0 Å². The first-order valence-electron chi connectivity index (χ1n) is 7.86. The minimum atomic E-state index is -1.36. The Morgan fingerprint density at radius 1 is 0.800 bits per heavy atom. The maximum atomic E-state index is 9.50. The van der Waals surface area contributed by atoms with Crippen molar-refractivity contribution in [3.63, 3.8) is 0 Å². The predicted molar refractivity (Wildman–Crippen MR) is 78.5 cm³/mol. The van der Waals surface area contributed by atoms with Gasteiger partial charge < -0.3 is 25.2 Å². The SMILES string of the molecule is CCCCCCCCCCOCC(O)C(O)C(O)CO. The van der Waals surface area contributed by atoms with Crippen molar-refractivity contribution in [1.82, 2.24) is 0 Å². The molecule has 0 aromatic carbocycles. The van der Waals surface area contributed by atoms with Crippen molar-refractivity contribution in [2.75, 3.05) is 19.8 Å². The van der Waals surface area contributed by atoms with Crippen LogP contribution in [0.2, 0.25) is 0 Å². The number of hydrogen-bond donors (Lipinski definition) is 4. The molecule has 0 aromatic rings. The number of unbranched alkanes of at least 4 members (excludes halogenated alkanes) is 7. The molecule has 0 aromatic heterocycles. The topological polar surface area (TPSA) is 90.2 Å². The van der Waals surface area contributed by atoms with E-state index in [1.54, 1.807) is 0 Å². The quantitative estimate of drug-likeness (QED) is 0.361.